The fourth-order valence-electron chi connectivity index (χ4n) is 1.94. The van der Waals surface area contributed by atoms with E-state index in [0.29, 0.717) is 0 Å². The Hall–Kier alpha value is -1.97. The molecule has 108 valence electrons. The van der Waals surface area contributed by atoms with Gasteiger partial charge >= 0.3 is 0 Å². The van der Waals surface area contributed by atoms with Gasteiger partial charge in [-0.2, -0.15) is 0 Å². The lowest BCUT2D eigenvalue weighted by Gasteiger charge is -2.04. The number of hydrogen-bond donors (Lipinski definition) is 0. The largest absolute Gasteiger partial charge is 0.281 e. The van der Waals surface area contributed by atoms with Crippen molar-refractivity contribution in [3.8, 4) is 0 Å². The van der Waals surface area contributed by atoms with Crippen LogP contribution in [-0.4, -0.2) is 5.12 Å². The molecule has 0 spiro atoms. The lowest BCUT2D eigenvalue weighted by atomic mass is 10.2. The normalized spacial score (nSPS) is 10.4. The van der Waals surface area contributed by atoms with E-state index in [1.165, 1.54) is 16.7 Å². The molecule has 0 N–H and O–H groups in total. The molecule has 0 saturated heterocycles. The lowest BCUT2D eigenvalue weighted by molar-refractivity contribution is 0.108. The highest BCUT2D eigenvalue weighted by Crippen LogP contribution is 2.29. The smallest absolute Gasteiger partial charge is 0.224 e. The second-order valence-electron chi connectivity index (χ2n) is 4.64. The quantitative estimate of drug-likeness (QED) is 0.568. The highest BCUT2D eigenvalue weighted by atomic mass is 32.2. The van der Waals surface area contributed by atoms with Crippen molar-refractivity contribution in [1.82, 2.24) is 0 Å². The first-order chi connectivity index (χ1) is 10.8. The van der Waals surface area contributed by atoms with E-state index in [1.807, 2.05) is 72.8 Å². The van der Waals surface area contributed by atoms with E-state index in [0.717, 1.165) is 15.4 Å². The molecule has 0 amide bonds. The Morgan fingerprint density at radius 2 is 1.09 bits per heavy atom. The highest BCUT2D eigenvalue weighted by Gasteiger charge is 2.08. The fraction of sp³-hybridized carbons (Fsp3) is 0. The van der Waals surface area contributed by atoms with E-state index < -0.39 is 0 Å². The van der Waals surface area contributed by atoms with Crippen molar-refractivity contribution in [2.24, 2.45) is 0 Å². The van der Waals surface area contributed by atoms with Crippen molar-refractivity contribution >= 4 is 28.6 Å². The molecule has 0 bridgehead atoms. The zero-order valence-electron chi connectivity index (χ0n) is 11.8. The summed E-state index contributed by atoms with van der Waals surface area (Å²) in [6.45, 7) is 0. The predicted molar refractivity (Wildman–Crippen MR) is 93.6 cm³/mol. The van der Waals surface area contributed by atoms with E-state index >= 15 is 0 Å². The minimum Gasteiger partial charge on any atom is -0.281 e. The van der Waals surface area contributed by atoms with Crippen molar-refractivity contribution in [2.75, 3.05) is 0 Å². The van der Waals surface area contributed by atoms with Crippen molar-refractivity contribution < 1.29 is 4.79 Å². The lowest BCUT2D eigenvalue weighted by Crippen LogP contribution is -1.92. The maximum Gasteiger partial charge on any atom is 0.224 e. The van der Waals surface area contributed by atoms with Crippen molar-refractivity contribution in [2.45, 2.75) is 14.7 Å². The Bertz CT molecular complexity index is 737. The van der Waals surface area contributed by atoms with E-state index in [9.17, 15) is 4.79 Å². The molecule has 0 unspecified atom stereocenters. The SMILES string of the molecule is O=C(Sc1ccccc1)c1ccc(Sc2ccccc2)cc1. The van der Waals surface area contributed by atoms with Gasteiger partial charge in [-0.3, -0.25) is 4.79 Å². The standard InChI is InChI=1S/C19H14OS2/c20-19(22-17-9-5-2-6-10-17)15-11-13-18(14-12-15)21-16-7-3-1-4-8-16/h1-14H. The summed E-state index contributed by atoms with van der Waals surface area (Å²) in [5.41, 5.74) is 0.728. The molecule has 3 rings (SSSR count). The molecule has 3 aromatic carbocycles. The first kappa shape index (κ1) is 14.9. The molecule has 0 radical (unpaired) electrons. The molecule has 22 heavy (non-hydrogen) atoms. The molecule has 0 heterocycles. The number of rotatable bonds is 4. The Morgan fingerprint density at radius 1 is 0.591 bits per heavy atom. The molecule has 0 aliphatic rings. The second-order valence-corrected chi connectivity index (χ2v) is 6.84. The minimum absolute atomic E-state index is 0.0717. The van der Waals surface area contributed by atoms with Gasteiger partial charge in [-0.25, -0.2) is 0 Å². The molecule has 1 nitrogen and oxygen atoms in total. The summed E-state index contributed by atoms with van der Waals surface area (Å²) in [5, 5.41) is 0.0717. The van der Waals surface area contributed by atoms with Crippen LogP contribution in [0.3, 0.4) is 0 Å². The van der Waals surface area contributed by atoms with Gasteiger partial charge in [0.05, 0.1) is 0 Å². The maximum absolute atomic E-state index is 12.2. The van der Waals surface area contributed by atoms with Crippen LogP contribution in [0.15, 0.2) is 99.6 Å². The Labute approximate surface area is 138 Å². The first-order valence-electron chi connectivity index (χ1n) is 6.91. The molecular formula is C19H14OS2. The van der Waals surface area contributed by atoms with Gasteiger partial charge in [0.15, 0.2) is 0 Å². The van der Waals surface area contributed by atoms with Crippen LogP contribution in [0.4, 0.5) is 0 Å². The van der Waals surface area contributed by atoms with Gasteiger partial charge in [0.2, 0.25) is 5.12 Å². The topological polar surface area (TPSA) is 17.1 Å². The van der Waals surface area contributed by atoms with Crippen LogP contribution in [0.5, 0.6) is 0 Å². The van der Waals surface area contributed by atoms with Crippen molar-refractivity contribution in [3.63, 3.8) is 0 Å². The molecule has 3 aromatic rings. The summed E-state index contributed by atoms with van der Waals surface area (Å²) >= 11 is 2.95. The van der Waals surface area contributed by atoms with Gasteiger partial charge in [-0.15, -0.1) is 0 Å². The van der Waals surface area contributed by atoms with E-state index in [2.05, 4.69) is 12.1 Å². The molecule has 0 aliphatic carbocycles. The zero-order chi connectivity index (χ0) is 15.2. The summed E-state index contributed by atoms with van der Waals surface area (Å²) in [7, 11) is 0. The summed E-state index contributed by atoms with van der Waals surface area (Å²) in [6, 6.07) is 27.7. The molecule has 0 aliphatic heterocycles. The van der Waals surface area contributed by atoms with Crippen LogP contribution >= 0.6 is 23.5 Å². The third kappa shape index (κ3) is 4.03. The number of carbonyl (C=O) groups is 1. The van der Waals surface area contributed by atoms with Crippen LogP contribution in [0.1, 0.15) is 10.4 Å². The monoisotopic (exact) mass is 322 g/mol. The average molecular weight is 322 g/mol. The number of hydrogen-bond acceptors (Lipinski definition) is 3. The van der Waals surface area contributed by atoms with Crippen LogP contribution < -0.4 is 0 Å². The van der Waals surface area contributed by atoms with Crippen LogP contribution in [0.25, 0.3) is 0 Å². The van der Waals surface area contributed by atoms with Gasteiger partial charge in [-0.05, 0) is 60.3 Å². The third-order valence-corrected chi connectivity index (χ3v) is 4.97. The Balaban J connectivity index is 1.67. The molecular weight excluding hydrogens is 308 g/mol. The minimum atomic E-state index is 0.0717. The fourth-order valence-corrected chi connectivity index (χ4v) is 3.54. The number of thioether (sulfide) groups is 1. The third-order valence-electron chi connectivity index (χ3n) is 3.02. The van der Waals surface area contributed by atoms with Gasteiger partial charge in [0.25, 0.3) is 0 Å². The van der Waals surface area contributed by atoms with Gasteiger partial charge in [-0.1, -0.05) is 48.2 Å². The first-order valence-corrected chi connectivity index (χ1v) is 8.55. The summed E-state index contributed by atoms with van der Waals surface area (Å²) < 4.78 is 0. The van der Waals surface area contributed by atoms with Gasteiger partial charge < -0.3 is 0 Å². The van der Waals surface area contributed by atoms with Crippen LogP contribution in [0, 0.1) is 0 Å². The number of carbonyl (C=O) groups excluding carboxylic acids is 1. The Kier molecular flexibility index (Phi) is 4.99. The Morgan fingerprint density at radius 3 is 1.68 bits per heavy atom. The molecule has 0 saturated carbocycles. The predicted octanol–water partition coefficient (Wildman–Crippen LogP) is 5.77. The molecule has 0 fully saturated rings. The molecule has 0 aromatic heterocycles. The van der Waals surface area contributed by atoms with Crippen LogP contribution in [-0.2, 0) is 0 Å². The molecule has 3 heteroatoms. The summed E-state index contributed by atoms with van der Waals surface area (Å²) in [6.07, 6.45) is 0. The van der Waals surface area contributed by atoms with E-state index in [-0.39, 0.29) is 5.12 Å². The average Bonchev–Trinajstić information content (AvgIpc) is 2.57. The highest BCUT2D eigenvalue weighted by molar-refractivity contribution is 8.14. The van der Waals surface area contributed by atoms with E-state index in [1.54, 1.807) is 11.8 Å². The van der Waals surface area contributed by atoms with E-state index in [4.69, 9.17) is 0 Å². The van der Waals surface area contributed by atoms with Gasteiger partial charge in [0.1, 0.15) is 0 Å². The van der Waals surface area contributed by atoms with Crippen molar-refractivity contribution in [1.29, 1.82) is 0 Å². The summed E-state index contributed by atoms with van der Waals surface area (Å²) in [4.78, 5) is 15.5. The second kappa shape index (κ2) is 7.34. The molecule has 0 atom stereocenters. The zero-order valence-corrected chi connectivity index (χ0v) is 13.4. The summed E-state index contributed by atoms with van der Waals surface area (Å²) in [5.74, 6) is 0. The number of benzene rings is 3. The van der Waals surface area contributed by atoms with Crippen LogP contribution in [0.2, 0.25) is 0 Å². The maximum atomic E-state index is 12.2. The van der Waals surface area contributed by atoms with Gasteiger partial charge in [0, 0.05) is 20.2 Å². The van der Waals surface area contributed by atoms with Crippen molar-refractivity contribution in [3.05, 3.63) is 90.5 Å².